The zero-order valence-corrected chi connectivity index (χ0v) is 35.3. The highest BCUT2D eigenvalue weighted by atomic mass is 16.7. The summed E-state index contributed by atoms with van der Waals surface area (Å²) in [4.78, 5) is 41.7. The molecular weight excluding hydrogens is 739 g/mol. The van der Waals surface area contributed by atoms with Gasteiger partial charge in [0.1, 0.15) is 6.61 Å². The van der Waals surface area contributed by atoms with E-state index in [-0.39, 0.29) is 74.4 Å². The van der Waals surface area contributed by atoms with Crippen molar-refractivity contribution in [2.75, 3.05) is 39.9 Å². The zero-order valence-electron chi connectivity index (χ0n) is 35.3. The smallest absolute Gasteiger partial charge is 0.415 e. The van der Waals surface area contributed by atoms with Crippen LogP contribution in [0.4, 0.5) is 4.79 Å². The van der Waals surface area contributed by atoms with Crippen LogP contribution in [-0.2, 0) is 36.6 Å². The summed E-state index contributed by atoms with van der Waals surface area (Å²) in [7, 11) is 1.44. The molecule has 5 rings (SSSR count). The molecular formula is C46H63N3O9. The summed E-state index contributed by atoms with van der Waals surface area (Å²) >= 11 is 0. The Morgan fingerprint density at radius 3 is 2.36 bits per heavy atom. The molecule has 1 saturated heterocycles. The van der Waals surface area contributed by atoms with Gasteiger partial charge in [-0.05, 0) is 110 Å². The number of ketones is 1. The molecule has 2 aliphatic carbocycles. The maximum Gasteiger partial charge on any atom is 0.415 e. The number of ether oxygens (including phenoxy) is 5. The molecule has 1 aliphatic heterocycles. The Morgan fingerprint density at radius 1 is 1.05 bits per heavy atom. The second-order valence-corrected chi connectivity index (χ2v) is 16.5. The number of esters is 1. The molecule has 1 fully saturated rings. The molecule has 1 unspecified atom stereocenters. The molecule has 0 aromatic heterocycles. The molecule has 1 amide bonds. The Hall–Kier alpha value is -4.33. The molecule has 1 heterocycles. The second-order valence-electron chi connectivity index (χ2n) is 16.5. The van der Waals surface area contributed by atoms with Crippen LogP contribution >= 0.6 is 0 Å². The summed E-state index contributed by atoms with van der Waals surface area (Å²) in [6.07, 6.45) is 4.09. The Labute approximate surface area is 343 Å². The molecule has 3 aliphatic rings. The van der Waals surface area contributed by atoms with Crippen molar-refractivity contribution >= 4 is 17.8 Å². The van der Waals surface area contributed by atoms with E-state index < -0.39 is 40.9 Å². The summed E-state index contributed by atoms with van der Waals surface area (Å²) in [5.41, 5.74) is 11.7. The summed E-state index contributed by atoms with van der Waals surface area (Å²) in [5, 5.41) is 12.6. The molecule has 5 N–H and O–H groups in total. The largest absolute Gasteiger partial charge is 0.493 e. The van der Waals surface area contributed by atoms with E-state index in [0.717, 1.165) is 11.1 Å². The van der Waals surface area contributed by atoms with Gasteiger partial charge in [-0.15, -0.1) is 0 Å². The van der Waals surface area contributed by atoms with E-state index in [4.69, 9.17) is 35.2 Å². The van der Waals surface area contributed by atoms with E-state index in [1.165, 1.54) is 12.0 Å². The van der Waals surface area contributed by atoms with Crippen LogP contribution in [0.5, 0.6) is 11.5 Å². The van der Waals surface area contributed by atoms with Crippen LogP contribution in [0.15, 0.2) is 84.0 Å². The van der Waals surface area contributed by atoms with Gasteiger partial charge in [-0.3, -0.25) is 9.59 Å². The minimum atomic E-state index is -1.84. The van der Waals surface area contributed by atoms with Crippen LogP contribution in [0.25, 0.3) is 0 Å². The van der Waals surface area contributed by atoms with Crippen molar-refractivity contribution < 1.29 is 43.2 Å². The fourth-order valence-corrected chi connectivity index (χ4v) is 9.62. The number of nitrogens with two attached hydrogens (primary N) is 2. The molecule has 2 aromatic carbocycles. The number of hydrogen-bond donors (Lipinski definition) is 3. The predicted octanol–water partition coefficient (Wildman–Crippen LogP) is 6.08. The topological polar surface area (TPSA) is 173 Å². The van der Waals surface area contributed by atoms with Crippen molar-refractivity contribution in [3.63, 3.8) is 0 Å². The van der Waals surface area contributed by atoms with Crippen LogP contribution in [0, 0.1) is 23.2 Å². The van der Waals surface area contributed by atoms with Gasteiger partial charge in [-0.25, -0.2) is 4.79 Å². The first-order valence-corrected chi connectivity index (χ1v) is 20.4. The molecule has 0 saturated carbocycles. The third kappa shape index (κ3) is 9.26. The highest BCUT2D eigenvalue weighted by molar-refractivity contribution is 6.06. The molecule has 12 heteroatoms. The average Bonchev–Trinajstić information content (AvgIpc) is 3.34. The van der Waals surface area contributed by atoms with Crippen molar-refractivity contribution in [3.05, 3.63) is 95.1 Å². The van der Waals surface area contributed by atoms with E-state index in [2.05, 4.69) is 46.4 Å². The van der Waals surface area contributed by atoms with E-state index in [9.17, 15) is 19.5 Å². The molecule has 0 bridgehead atoms. The van der Waals surface area contributed by atoms with Gasteiger partial charge in [0.25, 0.3) is 0 Å². The van der Waals surface area contributed by atoms with Crippen molar-refractivity contribution in [1.82, 2.24) is 4.90 Å². The first-order chi connectivity index (χ1) is 27.5. The molecule has 58 heavy (non-hydrogen) atoms. The number of benzene rings is 2. The van der Waals surface area contributed by atoms with Gasteiger partial charge < -0.3 is 45.2 Å². The van der Waals surface area contributed by atoms with Gasteiger partial charge in [0, 0.05) is 38.5 Å². The fraction of sp³-hybridized carbons (Fsp3) is 0.543. The summed E-state index contributed by atoms with van der Waals surface area (Å²) < 4.78 is 30.9. The average molecular weight is 802 g/mol. The minimum Gasteiger partial charge on any atom is -0.493 e. The number of amides is 1. The first kappa shape index (κ1) is 44.8. The highest BCUT2D eigenvalue weighted by Gasteiger charge is 2.63. The second kappa shape index (κ2) is 18.7. The van der Waals surface area contributed by atoms with Gasteiger partial charge in [0.05, 0.1) is 25.2 Å². The number of methoxy groups -OCH3 is 1. The molecule has 2 aromatic rings. The Morgan fingerprint density at radius 2 is 1.74 bits per heavy atom. The minimum absolute atomic E-state index is 0.0610. The maximum atomic E-state index is 14.0. The molecule has 316 valence electrons. The normalized spacial score (nSPS) is 29.6. The van der Waals surface area contributed by atoms with E-state index in [1.807, 2.05) is 31.2 Å². The summed E-state index contributed by atoms with van der Waals surface area (Å²) in [6.45, 7) is 17.5. The van der Waals surface area contributed by atoms with Gasteiger partial charge >= 0.3 is 12.1 Å². The van der Waals surface area contributed by atoms with Crippen molar-refractivity contribution in [2.24, 2.45) is 34.6 Å². The number of nitrogens with zero attached hydrogens (tertiary/aromatic N) is 1. The number of fused-ring (bicyclic) bond motifs is 3. The monoisotopic (exact) mass is 801 g/mol. The van der Waals surface area contributed by atoms with Crippen LogP contribution in [0.3, 0.4) is 0 Å². The molecule has 8 atom stereocenters. The Bertz CT molecular complexity index is 1870. The standard InChI is InChI=1S/C46H63N3O9/c1-9-45-31(5)26-44(7,29(2)3)58-41(25-33-13-11-10-12-14-33)56-32(6)36(45)22-35(27-46(53)39(45)21-30(4)42(46)51)28-55-40(50)24-34-15-16-37(38(23-34)54-8)57-43(52)49(19-17-47)20-18-48/h10-16,21,23,27,31-32,36,39,41,53H,2,9,17-20,22,24-26,28,47-48H2,1,3-8H3/t31-,32+,36+,39+,41?,44-,45+,46-/m1/s1. The molecule has 0 spiro atoms. The molecule has 0 radical (unpaired) electrons. The van der Waals surface area contributed by atoms with Gasteiger partial charge in [0.15, 0.2) is 29.2 Å². The Kier molecular flexibility index (Phi) is 14.4. The lowest BCUT2D eigenvalue weighted by atomic mass is 9.52. The SMILES string of the molecule is C=C(C)[C@@]1(C)C[C@@H](C)[C@@]2(CC)[C@@H](CC(COC(=O)Cc3ccc(OC(=O)N(CCN)CCN)c(OC)c3)=C[C@]3(O)C(=O)C(C)=C[C@@H]23)[C@H](C)OC(Cc2ccccc2)O1. The first-order valence-electron chi connectivity index (χ1n) is 20.4. The van der Waals surface area contributed by atoms with Crippen molar-refractivity contribution in [3.8, 4) is 11.5 Å². The number of Topliss-reactive ketones (excluding diaryl/α,β-unsaturated/α-hetero) is 1. The maximum absolute atomic E-state index is 14.0. The zero-order chi connectivity index (χ0) is 42.4. The van der Waals surface area contributed by atoms with Gasteiger partial charge in [0.2, 0.25) is 0 Å². The van der Waals surface area contributed by atoms with E-state index >= 15 is 0 Å². The number of rotatable bonds is 14. The van der Waals surface area contributed by atoms with Crippen LogP contribution in [-0.4, -0.2) is 91.3 Å². The van der Waals surface area contributed by atoms with Crippen LogP contribution in [0.1, 0.15) is 71.9 Å². The molecule has 12 nitrogen and oxygen atoms in total. The third-order valence-corrected chi connectivity index (χ3v) is 12.7. The number of hydrogen-bond acceptors (Lipinski definition) is 11. The Balaban J connectivity index is 1.43. The summed E-state index contributed by atoms with van der Waals surface area (Å²) in [6, 6.07) is 14.9. The van der Waals surface area contributed by atoms with Crippen molar-refractivity contribution in [1.29, 1.82) is 0 Å². The quantitative estimate of drug-likeness (QED) is 0.149. The van der Waals surface area contributed by atoms with Crippen LogP contribution in [0.2, 0.25) is 0 Å². The lowest BCUT2D eigenvalue weighted by Crippen LogP contribution is -2.54. The third-order valence-electron chi connectivity index (χ3n) is 12.7. The van der Waals surface area contributed by atoms with Crippen LogP contribution < -0.4 is 20.9 Å². The number of carbonyl (C=O) groups excluding carboxylic acids is 3. The lowest BCUT2D eigenvalue weighted by Gasteiger charge is -2.52. The fourth-order valence-electron chi connectivity index (χ4n) is 9.62. The lowest BCUT2D eigenvalue weighted by molar-refractivity contribution is -0.218. The van der Waals surface area contributed by atoms with E-state index in [0.29, 0.717) is 42.4 Å². The van der Waals surface area contributed by atoms with E-state index in [1.54, 1.807) is 31.2 Å². The van der Waals surface area contributed by atoms with Gasteiger partial charge in [-0.1, -0.05) is 62.9 Å². The highest BCUT2D eigenvalue weighted by Crippen LogP contribution is 2.61. The predicted molar refractivity (Wildman–Crippen MR) is 222 cm³/mol. The number of carbonyl (C=O) groups is 3. The number of aliphatic hydroxyl groups is 1. The summed E-state index contributed by atoms with van der Waals surface area (Å²) in [5.74, 6) is -1.25. The van der Waals surface area contributed by atoms with Crippen molar-refractivity contribution in [2.45, 2.75) is 97.2 Å². The van der Waals surface area contributed by atoms with Gasteiger partial charge in [-0.2, -0.15) is 0 Å².